The molecule has 0 radical (unpaired) electrons. The van der Waals surface area contributed by atoms with Crippen LogP contribution in [0.25, 0.3) is 0 Å². The van der Waals surface area contributed by atoms with Gasteiger partial charge in [-0.2, -0.15) is 5.26 Å². The number of carbonyl (C=O) groups excluding carboxylic acids is 3. The summed E-state index contributed by atoms with van der Waals surface area (Å²) in [5.74, 6) is -0.426. The normalized spacial score (nSPS) is 24.6. The number of urea groups is 1. The molecule has 1 aliphatic carbocycles. The van der Waals surface area contributed by atoms with Gasteiger partial charge in [0.25, 0.3) is 5.91 Å². The van der Waals surface area contributed by atoms with Crippen LogP contribution in [0.5, 0.6) is 0 Å². The predicted octanol–water partition coefficient (Wildman–Crippen LogP) is 2.74. The van der Waals surface area contributed by atoms with Crippen LogP contribution >= 0.6 is 11.8 Å². The molecule has 4 amide bonds. The Morgan fingerprint density at radius 1 is 1.41 bits per heavy atom. The van der Waals surface area contributed by atoms with E-state index in [1.54, 1.807) is 12.1 Å². The molecule has 3 rings (SSSR count). The van der Waals surface area contributed by atoms with Gasteiger partial charge in [-0.15, -0.1) is 11.8 Å². The Morgan fingerprint density at radius 2 is 2.19 bits per heavy atom. The zero-order valence-corrected chi connectivity index (χ0v) is 16.0. The summed E-state index contributed by atoms with van der Waals surface area (Å²) in [6, 6.07) is 8.68. The van der Waals surface area contributed by atoms with Crippen LogP contribution in [0.2, 0.25) is 0 Å². The van der Waals surface area contributed by atoms with E-state index in [0.29, 0.717) is 12.1 Å². The van der Waals surface area contributed by atoms with Crippen LogP contribution in [-0.2, 0) is 9.59 Å². The van der Waals surface area contributed by atoms with Crippen LogP contribution in [0.3, 0.4) is 0 Å². The molecule has 0 unspecified atom stereocenters. The average Bonchev–Trinajstić information content (AvgIpc) is 2.88. The molecule has 1 heterocycles. The van der Waals surface area contributed by atoms with Crippen LogP contribution in [0.15, 0.2) is 29.2 Å². The van der Waals surface area contributed by atoms with Crippen molar-refractivity contribution in [2.45, 2.75) is 43.0 Å². The third-order valence-electron chi connectivity index (χ3n) is 5.26. The highest BCUT2D eigenvalue weighted by Gasteiger charge is 2.55. The van der Waals surface area contributed by atoms with E-state index in [1.807, 2.05) is 25.1 Å². The fourth-order valence-electron chi connectivity index (χ4n) is 3.78. The monoisotopic (exact) mass is 386 g/mol. The summed E-state index contributed by atoms with van der Waals surface area (Å²) in [6.07, 6.45) is 3.43. The van der Waals surface area contributed by atoms with Crippen molar-refractivity contribution in [2.75, 3.05) is 17.6 Å². The number of hydrogen-bond acceptors (Lipinski definition) is 5. The molecule has 1 aromatic rings. The van der Waals surface area contributed by atoms with Gasteiger partial charge in [-0.25, -0.2) is 4.79 Å². The molecule has 142 valence electrons. The third-order valence-corrected chi connectivity index (χ3v) is 6.20. The van der Waals surface area contributed by atoms with E-state index >= 15 is 0 Å². The largest absolute Gasteiger partial charge is 0.325 e. The summed E-state index contributed by atoms with van der Waals surface area (Å²) >= 11 is 1.32. The van der Waals surface area contributed by atoms with Crippen molar-refractivity contribution in [3.63, 3.8) is 0 Å². The Morgan fingerprint density at radius 3 is 2.93 bits per heavy atom. The first-order valence-corrected chi connectivity index (χ1v) is 9.99. The van der Waals surface area contributed by atoms with E-state index in [4.69, 9.17) is 5.26 Å². The molecule has 1 saturated carbocycles. The molecule has 27 heavy (non-hydrogen) atoms. The van der Waals surface area contributed by atoms with Crippen LogP contribution in [0, 0.1) is 17.2 Å². The summed E-state index contributed by atoms with van der Waals surface area (Å²) in [6.45, 7) is 1.65. The van der Waals surface area contributed by atoms with Gasteiger partial charge in [0.1, 0.15) is 12.1 Å². The minimum Gasteiger partial charge on any atom is -0.324 e. The molecule has 2 fully saturated rings. The summed E-state index contributed by atoms with van der Waals surface area (Å²) < 4.78 is 0. The van der Waals surface area contributed by atoms with Crippen LogP contribution in [0.1, 0.15) is 32.6 Å². The lowest BCUT2D eigenvalue weighted by molar-refractivity contribution is -0.136. The molecule has 2 N–H and O–H groups in total. The molecule has 2 atom stereocenters. The maximum absolute atomic E-state index is 12.9. The zero-order chi connectivity index (χ0) is 19.4. The summed E-state index contributed by atoms with van der Waals surface area (Å²) in [5, 5.41) is 14.3. The first-order chi connectivity index (χ1) is 13.0. The predicted molar refractivity (Wildman–Crippen MR) is 102 cm³/mol. The van der Waals surface area contributed by atoms with Crippen molar-refractivity contribution >= 4 is 35.3 Å². The molecular formula is C19H22N4O3S. The number of para-hydroxylation sites is 1. The molecule has 2 aliphatic rings. The van der Waals surface area contributed by atoms with Gasteiger partial charge < -0.3 is 10.6 Å². The lowest BCUT2D eigenvalue weighted by Gasteiger charge is -2.36. The van der Waals surface area contributed by atoms with Gasteiger partial charge in [0.15, 0.2) is 0 Å². The van der Waals surface area contributed by atoms with E-state index in [2.05, 4.69) is 10.6 Å². The highest BCUT2D eigenvalue weighted by molar-refractivity contribution is 7.99. The van der Waals surface area contributed by atoms with Crippen LogP contribution < -0.4 is 10.6 Å². The van der Waals surface area contributed by atoms with Gasteiger partial charge in [-0.3, -0.25) is 14.5 Å². The van der Waals surface area contributed by atoms with Gasteiger partial charge in [-0.1, -0.05) is 31.9 Å². The SMILES string of the molecule is C[C@@H]1CCCC[C@]12NC(=O)N(CC(=O)Nc1ccccc1SCC#N)C2=O. The molecular weight excluding hydrogens is 364 g/mol. The Labute approximate surface area is 162 Å². The Bertz CT molecular complexity index is 806. The summed E-state index contributed by atoms with van der Waals surface area (Å²) in [7, 11) is 0. The van der Waals surface area contributed by atoms with Gasteiger partial charge >= 0.3 is 6.03 Å². The van der Waals surface area contributed by atoms with Gasteiger partial charge in [0.2, 0.25) is 5.91 Å². The highest BCUT2D eigenvalue weighted by Crippen LogP contribution is 2.38. The first kappa shape index (κ1) is 19.2. The van der Waals surface area contributed by atoms with Crippen LogP contribution in [-0.4, -0.2) is 40.6 Å². The number of rotatable bonds is 5. The molecule has 1 spiro atoms. The smallest absolute Gasteiger partial charge is 0.324 e. The Balaban J connectivity index is 1.69. The highest BCUT2D eigenvalue weighted by atomic mass is 32.2. The van der Waals surface area contributed by atoms with Crippen molar-refractivity contribution in [3.8, 4) is 6.07 Å². The lowest BCUT2D eigenvalue weighted by Crippen LogP contribution is -2.54. The maximum atomic E-state index is 12.9. The summed E-state index contributed by atoms with van der Waals surface area (Å²) in [4.78, 5) is 39.6. The van der Waals surface area contributed by atoms with E-state index in [9.17, 15) is 14.4 Å². The number of anilines is 1. The number of amides is 4. The van der Waals surface area contributed by atoms with E-state index in [1.165, 1.54) is 11.8 Å². The standard InChI is InChI=1S/C19H22N4O3S/c1-13-6-4-5-9-19(13)17(25)23(18(26)22-19)12-16(24)21-14-7-2-3-8-15(14)27-11-10-20/h2-3,7-8,13H,4-6,9,11-12H2,1H3,(H,21,24)(H,22,26)/t13-,19+/m1/s1. The van der Waals surface area contributed by atoms with Crippen molar-refractivity contribution in [1.82, 2.24) is 10.2 Å². The average molecular weight is 386 g/mol. The Hall–Kier alpha value is -2.53. The fourth-order valence-corrected chi connectivity index (χ4v) is 4.45. The molecule has 0 bridgehead atoms. The van der Waals surface area contributed by atoms with Crippen molar-refractivity contribution < 1.29 is 14.4 Å². The lowest BCUT2D eigenvalue weighted by atomic mass is 9.73. The van der Waals surface area contributed by atoms with Crippen LogP contribution in [0.4, 0.5) is 10.5 Å². The minimum absolute atomic E-state index is 0.0545. The van der Waals surface area contributed by atoms with Gasteiger partial charge in [0.05, 0.1) is 17.5 Å². The second-order valence-corrected chi connectivity index (χ2v) is 7.95. The molecule has 1 saturated heterocycles. The maximum Gasteiger partial charge on any atom is 0.325 e. The molecule has 1 aromatic carbocycles. The topological polar surface area (TPSA) is 102 Å². The number of benzene rings is 1. The molecule has 1 aliphatic heterocycles. The molecule has 7 nitrogen and oxygen atoms in total. The van der Waals surface area contributed by atoms with E-state index < -0.39 is 17.5 Å². The second-order valence-electron chi connectivity index (χ2n) is 6.93. The van der Waals surface area contributed by atoms with Crippen molar-refractivity contribution in [1.29, 1.82) is 5.26 Å². The summed E-state index contributed by atoms with van der Waals surface area (Å²) in [5.41, 5.74) is -0.300. The van der Waals surface area contributed by atoms with Gasteiger partial charge in [-0.05, 0) is 30.9 Å². The van der Waals surface area contributed by atoms with Crippen molar-refractivity contribution in [2.24, 2.45) is 5.92 Å². The van der Waals surface area contributed by atoms with Crippen molar-refractivity contribution in [3.05, 3.63) is 24.3 Å². The molecule has 0 aromatic heterocycles. The van der Waals surface area contributed by atoms with Gasteiger partial charge in [0, 0.05) is 4.90 Å². The number of carbonyl (C=O) groups is 3. The molecule has 8 heteroatoms. The number of nitrogens with one attached hydrogen (secondary N) is 2. The number of nitrogens with zero attached hydrogens (tertiary/aromatic N) is 2. The Kier molecular flexibility index (Phi) is 5.71. The van der Waals surface area contributed by atoms with E-state index in [0.717, 1.165) is 29.1 Å². The second kappa shape index (κ2) is 8.01. The number of thioether (sulfide) groups is 1. The third kappa shape index (κ3) is 3.78. The van der Waals surface area contributed by atoms with E-state index in [-0.39, 0.29) is 24.1 Å². The number of hydrogen-bond donors (Lipinski definition) is 2. The number of nitriles is 1. The number of imide groups is 1. The fraction of sp³-hybridized carbons (Fsp3) is 0.474. The zero-order valence-electron chi connectivity index (χ0n) is 15.2. The minimum atomic E-state index is -0.865. The first-order valence-electron chi connectivity index (χ1n) is 9.00. The quantitative estimate of drug-likeness (QED) is 0.598.